The monoisotopic (exact) mass is 279 g/mol. The molecule has 1 unspecified atom stereocenters. The van der Waals surface area contributed by atoms with Crippen LogP contribution in [0.1, 0.15) is 12.0 Å². The normalized spacial score (nSPS) is 17.6. The van der Waals surface area contributed by atoms with E-state index in [-0.39, 0.29) is 31.1 Å². The fraction of sp³-hybridized carbons (Fsp3) is 0.308. The first-order chi connectivity index (χ1) is 9.56. The third-order valence-electron chi connectivity index (χ3n) is 2.94. The number of hydrogen-bond acceptors (Lipinski definition) is 3. The lowest BCUT2D eigenvalue weighted by Crippen LogP contribution is -2.41. The third kappa shape index (κ3) is 3.53. The molecular formula is C13H14FN3O3. The van der Waals surface area contributed by atoms with Gasteiger partial charge in [0.2, 0.25) is 5.91 Å². The summed E-state index contributed by atoms with van der Waals surface area (Å²) in [5.41, 5.74) is 0.467. The van der Waals surface area contributed by atoms with Gasteiger partial charge in [-0.3, -0.25) is 14.9 Å². The summed E-state index contributed by atoms with van der Waals surface area (Å²) in [5, 5.41) is 6.96. The van der Waals surface area contributed by atoms with Crippen LogP contribution in [0.2, 0.25) is 0 Å². The molecule has 1 aromatic carbocycles. The average molecular weight is 279 g/mol. The number of benzene rings is 1. The molecule has 4 amide bonds. The van der Waals surface area contributed by atoms with Crippen LogP contribution >= 0.6 is 0 Å². The summed E-state index contributed by atoms with van der Waals surface area (Å²) in [6.45, 7) is 0.0215. The molecule has 6 nitrogen and oxygen atoms in total. The first kappa shape index (κ1) is 14.0. The van der Waals surface area contributed by atoms with Crippen LogP contribution in [0.3, 0.4) is 0 Å². The van der Waals surface area contributed by atoms with Gasteiger partial charge in [-0.2, -0.15) is 0 Å². The zero-order chi connectivity index (χ0) is 14.5. The zero-order valence-corrected chi connectivity index (χ0v) is 10.6. The topological polar surface area (TPSA) is 87.3 Å². The van der Waals surface area contributed by atoms with Gasteiger partial charge < -0.3 is 10.6 Å². The highest BCUT2D eigenvalue weighted by Crippen LogP contribution is 2.08. The van der Waals surface area contributed by atoms with Crippen LogP contribution in [0.15, 0.2) is 24.3 Å². The molecule has 2 rings (SSSR count). The van der Waals surface area contributed by atoms with Gasteiger partial charge in [-0.15, -0.1) is 0 Å². The van der Waals surface area contributed by atoms with Gasteiger partial charge >= 0.3 is 6.03 Å². The van der Waals surface area contributed by atoms with Crippen LogP contribution in [-0.2, 0) is 16.0 Å². The van der Waals surface area contributed by atoms with Crippen molar-refractivity contribution in [2.75, 3.05) is 6.54 Å². The van der Waals surface area contributed by atoms with Crippen molar-refractivity contribution in [3.05, 3.63) is 35.6 Å². The molecule has 1 fully saturated rings. The van der Waals surface area contributed by atoms with Crippen LogP contribution in [0.25, 0.3) is 0 Å². The lowest BCUT2D eigenvalue weighted by atomic mass is 10.1. The minimum absolute atomic E-state index is 0.0215. The molecule has 1 aliphatic rings. The first-order valence-corrected chi connectivity index (χ1v) is 6.17. The molecule has 106 valence electrons. The van der Waals surface area contributed by atoms with Crippen molar-refractivity contribution in [2.24, 2.45) is 0 Å². The largest absolute Gasteiger partial charge is 0.353 e. The molecule has 0 spiro atoms. The van der Waals surface area contributed by atoms with Gasteiger partial charge in [0.1, 0.15) is 11.9 Å². The Balaban J connectivity index is 1.75. The van der Waals surface area contributed by atoms with E-state index in [9.17, 15) is 18.8 Å². The predicted octanol–water partition coefficient (Wildman–Crippen LogP) is 0.0825. The van der Waals surface area contributed by atoms with Crippen LogP contribution < -0.4 is 16.0 Å². The molecule has 0 bridgehead atoms. The number of carbonyl (C=O) groups is 3. The van der Waals surface area contributed by atoms with Crippen molar-refractivity contribution in [3.63, 3.8) is 0 Å². The van der Waals surface area contributed by atoms with Crippen LogP contribution in [0.5, 0.6) is 0 Å². The summed E-state index contributed by atoms with van der Waals surface area (Å²) < 4.78 is 13.3. The van der Waals surface area contributed by atoms with Crippen LogP contribution in [0.4, 0.5) is 9.18 Å². The maximum atomic E-state index is 13.3. The molecular weight excluding hydrogens is 265 g/mol. The Bertz CT molecular complexity index is 547. The maximum Gasteiger partial charge on any atom is 0.322 e. The Hall–Kier alpha value is -2.44. The van der Waals surface area contributed by atoms with Gasteiger partial charge in [0, 0.05) is 13.0 Å². The molecule has 1 saturated heterocycles. The number of amides is 4. The van der Waals surface area contributed by atoms with Crippen LogP contribution in [0, 0.1) is 5.82 Å². The molecule has 0 aromatic heterocycles. The second-order valence-electron chi connectivity index (χ2n) is 4.41. The van der Waals surface area contributed by atoms with E-state index < -0.39 is 18.0 Å². The van der Waals surface area contributed by atoms with Crippen molar-refractivity contribution in [1.29, 1.82) is 0 Å². The highest BCUT2D eigenvalue weighted by molar-refractivity contribution is 6.04. The van der Waals surface area contributed by atoms with Crippen molar-refractivity contribution >= 4 is 17.8 Å². The lowest BCUT2D eigenvalue weighted by molar-refractivity contribution is -0.122. The second kappa shape index (κ2) is 6.14. The van der Waals surface area contributed by atoms with Crippen molar-refractivity contribution < 1.29 is 18.8 Å². The molecule has 1 aromatic rings. The summed E-state index contributed by atoms with van der Waals surface area (Å²) in [5.74, 6) is -1.12. The summed E-state index contributed by atoms with van der Waals surface area (Å²) in [6, 6.07) is 4.92. The van der Waals surface area contributed by atoms with E-state index >= 15 is 0 Å². The van der Waals surface area contributed by atoms with E-state index in [4.69, 9.17) is 0 Å². The zero-order valence-electron chi connectivity index (χ0n) is 10.6. The van der Waals surface area contributed by atoms with E-state index in [1.54, 1.807) is 18.2 Å². The Kier molecular flexibility index (Phi) is 4.29. The highest BCUT2D eigenvalue weighted by atomic mass is 19.1. The molecule has 0 saturated carbocycles. The fourth-order valence-corrected chi connectivity index (χ4v) is 1.86. The number of halogens is 1. The van der Waals surface area contributed by atoms with Gasteiger partial charge in [0.25, 0.3) is 5.91 Å². The Morgan fingerprint density at radius 2 is 2.05 bits per heavy atom. The number of urea groups is 1. The summed E-state index contributed by atoms with van der Waals surface area (Å²) in [6.07, 6.45) is 0.394. The smallest absolute Gasteiger partial charge is 0.322 e. The van der Waals surface area contributed by atoms with E-state index in [1.807, 2.05) is 0 Å². The Morgan fingerprint density at radius 3 is 2.70 bits per heavy atom. The van der Waals surface area contributed by atoms with Gasteiger partial charge in [0.05, 0.1) is 0 Å². The summed E-state index contributed by atoms with van der Waals surface area (Å²) in [4.78, 5) is 33.7. The van der Waals surface area contributed by atoms with E-state index in [1.165, 1.54) is 6.07 Å². The summed E-state index contributed by atoms with van der Waals surface area (Å²) in [7, 11) is 0. The van der Waals surface area contributed by atoms with Crippen LogP contribution in [-0.4, -0.2) is 30.4 Å². The van der Waals surface area contributed by atoms with Crippen molar-refractivity contribution in [3.8, 4) is 0 Å². The van der Waals surface area contributed by atoms with Gasteiger partial charge in [0.15, 0.2) is 0 Å². The highest BCUT2D eigenvalue weighted by Gasteiger charge is 2.29. The minimum atomic E-state index is -0.750. The standard InChI is InChI=1S/C13H14FN3O3/c14-9-4-2-1-3-8(9)5-6-11(18)15-7-10-12(19)17-13(20)16-10/h1-4,10H,5-7H2,(H,15,18)(H2,16,17,19,20). The van der Waals surface area contributed by atoms with Crippen molar-refractivity contribution in [2.45, 2.75) is 18.9 Å². The molecule has 3 N–H and O–H groups in total. The third-order valence-corrected chi connectivity index (χ3v) is 2.94. The number of imide groups is 1. The minimum Gasteiger partial charge on any atom is -0.353 e. The maximum absolute atomic E-state index is 13.3. The fourth-order valence-electron chi connectivity index (χ4n) is 1.86. The number of hydrogen-bond donors (Lipinski definition) is 3. The second-order valence-corrected chi connectivity index (χ2v) is 4.41. The Labute approximate surface area is 114 Å². The summed E-state index contributed by atoms with van der Waals surface area (Å²) >= 11 is 0. The Morgan fingerprint density at radius 1 is 1.30 bits per heavy atom. The van der Waals surface area contributed by atoms with Gasteiger partial charge in [-0.1, -0.05) is 18.2 Å². The number of aryl methyl sites for hydroxylation is 1. The molecule has 0 aliphatic carbocycles. The molecule has 1 heterocycles. The van der Waals surface area contributed by atoms with E-state index in [2.05, 4.69) is 16.0 Å². The lowest BCUT2D eigenvalue weighted by Gasteiger charge is -2.09. The van der Waals surface area contributed by atoms with E-state index in [0.717, 1.165) is 0 Å². The van der Waals surface area contributed by atoms with E-state index in [0.29, 0.717) is 5.56 Å². The number of carbonyl (C=O) groups excluding carboxylic acids is 3. The number of nitrogens with one attached hydrogen (secondary N) is 3. The van der Waals surface area contributed by atoms with Crippen molar-refractivity contribution in [1.82, 2.24) is 16.0 Å². The predicted molar refractivity (Wildman–Crippen MR) is 68.2 cm³/mol. The molecule has 7 heteroatoms. The van der Waals surface area contributed by atoms with Gasteiger partial charge in [-0.05, 0) is 18.1 Å². The SMILES string of the molecule is O=C(CCc1ccccc1F)NCC1NC(=O)NC1=O. The average Bonchev–Trinajstić information content (AvgIpc) is 2.74. The van der Waals surface area contributed by atoms with Gasteiger partial charge in [-0.25, -0.2) is 9.18 Å². The molecule has 20 heavy (non-hydrogen) atoms. The number of rotatable bonds is 5. The quantitative estimate of drug-likeness (QED) is 0.667. The molecule has 0 radical (unpaired) electrons. The first-order valence-electron chi connectivity index (χ1n) is 6.17. The molecule has 1 atom stereocenters. The molecule has 1 aliphatic heterocycles.